The molecule has 98 valence electrons. The van der Waals surface area contributed by atoms with Gasteiger partial charge in [0.1, 0.15) is 5.82 Å². The van der Waals surface area contributed by atoms with Gasteiger partial charge in [0, 0.05) is 12.2 Å². The van der Waals surface area contributed by atoms with E-state index in [9.17, 15) is 0 Å². The van der Waals surface area contributed by atoms with Crippen molar-refractivity contribution in [3.8, 4) is 5.82 Å². The number of nitrogens with one attached hydrogen (secondary N) is 1. The van der Waals surface area contributed by atoms with Gasteiger partial charge >= 0.3 is 0 Å². The summed E-state index contributed by atoms with van der Waals surface area (Å²) in [5.74, 6) is 1.56. The standard InChI is InChI=1S/C14H17N5/c1-11-9-10-19(18-11)14-8-7-13(16-17-14)15-12-5-3-2-4-6-12/h2-3,7-10,12H,4-6H2,1H3,(H,15,16)/t12-/m1/s1. The summed E-state index contributed by atoms with van der Waals surface area (Å²) in [6.07, 6.45) is 9.68. The van der Waals surface area contributed by atoms with Crippen LogP contribution in [0.5, 0.6) is 0 Å². The Bertz CT molecular complexity index is 570. The quantitative estimate of drug-likeness (QED) is 0.856. The van der Waals surface area contributed by atoms with Gasteiger partial charge in [0.15, 0.2) is 5.82 Å². The maximum absolute atomic E-state index is 4.31. The van der Waals surface area contributed by atoms with Crippen molar-refractivity contribution in [2.45, 2.75) is 32.2 Å². The Morgan fingerprint density at radius 3 is 2.79 bits per heavy atom. The van der Waals surface area contributed by atoms with Crippen LogP contribution in [-0.2, 0) is 0 Å². The topological polar surface area (TPSA) is 55.6 Å². The number of aromatic nitrogens is 4. The van der Waals surface area contributed by atoms with E-state index in [4.69, 9.17) is 0 Å². The van der Waals surface area contributed by atoms with Crippen molar-refractivity contribution < 1.29 is 0 Å². The molecule has 1 atom stereocenters. The van der Waals surface area contributed by atoms with Crippen molar-refractivity contribution in [1.82, 2.24) is 20.0 Å². The predicted molar refractivity (Wildman–Crippen MR) is 74.3 cm³/mol. The Morgan fingerprint density at radius 2 is 2.16 bits per heavy atom. The van der Waals surface area contributed by atoms with E-state index >= 15 is 0 Å². The maximum atomic E-state index is 4.31. The van der Waals surface area contributed by atoms with E-state index in [0.717, 1.165) is 36.6 Å². The Morgan fingerprint density at radius 1 is 1.21 bits per heavy atom. The summed E-state index contributed by atoms with van der Waals surface area (Å²) in [7, 11) is 0. The van der Waals surface area contributed by atoms with Crippen LogP contribution in [0.15, 0.2) is 36.5 Å². The summed E-state index contributed by atoms with van der Waals surface area (Å²) in [5.41, 5.74) is 0.970. The summed E-state index contributed by atoms with van der Waals surface area (Å²) in [5, 5.41) is 16.1. The van der Waals surface area contributed by atoms with Gasteiger partial charge in [-0.15, -0.1) is 10.2 Å². The zero-order chi connectivity index (χ0) is 13.1. The van der Waals surface area contributed by atoms with E-state index < -0.39 is 0 Å². The number of allylic oxidation sites excluding steroid dienone is 1. The first-order valence-electron chi connectivity index (χ1n) is 6.59. The van der Waals surface area contributed by atoms with Crippen LogP contribution >= 0.6 is 0 Å². The SMILES string of the molecule is Cc1ccn(-c2ccc(N[C@@H]3CC=CCC3)nn2)n1. The van der Waals surface area contributed by atoms with Crippen LogP contribution < -0.4 is 5.32 Å². The van der Waals surface area contributed by atoms with Crippen molar-refractivity contribution >= 4 is 5.82 Å². The van der Waals surface area contributed by atoms with Gasteiger partial charge in [-0.05, 0) is 44.4 Å². The van der Waals surface area contributed by atoms with Crippen LogP contribution in [0, 0.1) is 6.92 Å². The number of hydrogen-bond acceptors (Lipinski definition) is 4. The van der Waals surface area contributed by atoms with Crippen LogP contribution in [0.3, 0.4) is 0 Å². The molecular weight excluding hydrogens is 238 g/mol. The van der Waals surface area contributed by atoms with Gasteiger partial charge < -0.3 is 5.32 Å². The van der Waals surface area contributed by atoms with Gasteiger partial charge in [-0.3, -0.25) is 0 Å². The highest BCUT2D eigenvalue weighted by Crippen LogP contribution is 2.15. The summed E-state index contributed by atoms with van der Waals surface area (Å²) >= 11 is 0. The molecule has 1 N–H and O–H groups in total. The molecule has 5 heteroatoms. The summed E-state index contributed by atoms with van der Waals surface area (Å²) in [6.45, 7) is 1.95. The Kier molecular flexibility index (Phi) is 3.27. The average molecular weight is 255 g/mol. The van der Waals surface area contributed by atoms with Gasteiger partial charge in [0.05, 0.1) is 5.69 Å². The molecule has 0 saturated carbocycles. The van der Waals surface area contributed by atoms with E-state index in [2.05, 4.69) is 32.8 Å². The van der Waals surface area contributed by atoms with Crippen molar-refractivity contribution in [2.24, 2.45) is 0 Å². The molecule has 5 nitrogen and oxygen atoms in total. The fourth-order valence-corrected chi connectivity index (χ4v) is 2.20. The summed E-state index contributed by atoms with van der Waals surface area (Å²) < 4.78 is 1.73. The second-order valence-corrected chi connectivity index (χ2v) is 4.80. The zero-order valence-electron chi connectivity index (χ0n) is 11.0. The smallest absolute Gasteiger partial charge is 0.175 e. The second-order valence-electron chi connectivity index (χ2n) is 4.80. The van der Waals surface area contributed by atoms with Crippen LogP contribution in [0.1, 0.15) is 25.0 Å². The second kappa shape index (κ2) is 5.22. The molecule has 2 heterocycles. The molecule has 0 fully saturated rings. The number of rotatable bonds is 3. The zero-order valence-corrected chi connectivity index (χ0v) is 11.0. The summed E-state index contributed by atoms with van der Waals surface area (Å²) in [4.78, 5) is 0. The monoisotopic (exact) mass is 255 g/mol. The molecule has 0 aromatic carbocycles. The third-order valence-corrected chi connectivity index (χ3v) is 3.23. The highest BCUT2D eigenvalue weighted by atomic mass is 15.3. The molecule has 0 aliphatic heterocycles. The molecular formula is C14H17N5. The number of nitrogens with zero attached hydrogens (tertiary/aromatic N) is 4. The van der Waals surface area contributed by atoms with E-state index in [-0.39, 0.29) is 0 Å². The molecule has 0 radical (unpaired) electrons. The molecule has 0 unspecified atom stereocenters. The van der Waals surface area contributed by atoms with E-state index in [0.29, 0.717) is 6.04 Å². The Balaban J connectivity index is 1.70. The van der Waals surface area contributed by atoms with E-state index in [1.54, 1.807) is 4.68 Å². The predicted octanol–water partition coefficient (Wildman–Crippen LogP) is 2.49. The normalized spacial score (nSPS) is 18.5. The molecule has 1 aliphatic carbocycles. The van der Waals surface area contributed by atoms with Crippen molar-refractivity contribution in [3.05, 3.63) is 42.2 Å². The minimum absolute atomic E-state index is 0.470. The van der Waals surface area contributed by atoms with Gasteiger partial charge in [0.25, 0.3) is 0 Å². The highest BCUT2D eigenvalue weighted by molar-refractivity contribution is 5.37. The maximum Gasteiger partial charge on any atom is 0.175 e. The number of anilines is 1. The van der Waals surface area contributed by atoms with E-state index in [1.165, 1.54) is 0 Å². The fourth-order valence-electron chi connectivity index (χ4n) is 2.20. The molecule has 2 aromatic heterocycles. The molecule has 0 amide bonds. The van der Waals surface area contributed by atoms with Crippen molar-refractivity contribution in [1.29, 1.82) is 0 Å². The Hall–Kier alpha value is -2.17. The van der Waals surface area contributed by atoms with Crippen molar-refractivity contribution in [2.75, 3.05) is 5.32 Å². The first-order chi connectivity index (χ1) is 9.31. The minimum Gasteiger partial charge on any atom is -0.366 e. The number of aryl methyl sites for hydroxylation is 1. The average Bonchev–Trinajstić information content (AvgIpc) is 2.87. The van der Waals surface area contributed by atoms with Gasteiger partial charge in [0.2, 0.25) is 0 Å². The lowest BCUT2D eigenvalue weighted by Gasteiger charge is -2.19. The minimum atomic E-state index is 0.470. The lowest BCUT2D eigenvalue weighted by Crippen LogP contribution is -2.21. The van der Waals surface area contributed by atoms with Gasteiger partial charge in [-0.1, -0.05) is 12.2 Å². The first-order valence-corrected chi connectivity index (χ1v) is 6.59. The molecule has 0 spiro atoms. The van der Waals surface area contributed by atoms with Crippen molar-refractivity contribution in [3.63, 3.8) is 0 Å². The largest absolute Gasteiger partial charge is 0.366 e. The first kappa shape index (κ1) is 11.9. The molecule has 1 aliphatic rings. The lowest BCUT2D eigenvalue weighted by atomic mass is 10.0. The summed E-state index contributed by atoms with van der Waals surface area (Å²) in [6, 6.07) is 6.30. The van der Waals surface area contributed by atoms with Crippen LogP contribution in [0.25, 0.3) is 5.82 Å². The lowest BCUT2D eigenvalue weighted by molar-refractivity contribution is 0.640. The highest BCUT2D eigenvalue weighted by Gasteiger charge is 2.10. The third-order valence-electron chi connectivity index (χ3n) is 3.23. The van der Waals surface area contributed by atoms with E-state index in [1.807, 2.05) is 31.3 Å². The van der Waals surface area contributed by atoms with Crippen LogP contribution in [-0.4, -0.2) is 26.0 Å². The third kappa shape index (κ3) is 2.81. The molecule has 0 saturated heterocycles. The van der Waals surface area contributed by atoms with Gasteiger partial charge in [-0.25, -0.2) is 4.68 Å². The fraction of sp³-hybridized carbons (Fsp3) is 0.357. The van der Waals surface area contributed by atoms with Crippen LogP contribution in [0.2, 0.25) is 0 Å². The number of hydrogen-bond donors (Lipinski definition) is 1. The molecule has 2 aromatic rings. The van der Waals surface area contributed by atoms with Gasteiger partial charge in [-0.2, -0.15) is 5.10 Å². The molecule has 0 bridgehead atoms. The van der Waals surface area contributed by atoms with Crippen LogP contribution in [0.4, 0.5) is 5.82 Å². The Labute approximate surface area is 112 Å². The molecule has 3 rings (SSSR count). The molecule has 19 heavy (non-hydrogen) atoms.